The van der Waals surface area contributed by atoms with Gasteiger partial charge in [0.05, 0.1) is 5.75 Å². The molecular formula is C29H37ClF3N7O3S. The van der Waals surface area contributed by atoms with Crippen LogP contribution in [0.5, 0.6) is 0 Å². The average Bonchev–Trinajstić information content (AvgIpc) is 3.00. The largest absolute Gasteiger partial charge is 0.497 e. The van der Waals surface area contributed by atoms with Crippen molar-refractivity contribution in [2.45, 2.75) is 56.7 Å². The van der Waals surface area contributed by atoms with Crippen LogP contribution in [0.25, 0.3) is 0 Å². The van der Waals surface area contributed by atoms with E-state index in [1.807, 2.05) is 17.0 Å². The maximum absolute atomic E-state index is 12.5. The van der Waals surface area contributed by atoms with Crippen molar-refractivity contribution in [3.05, 3.63) is 46.2 Å². The van der Waals surface area contributed by atoms with Gasteiger partial charge in [0.1, 0.15) is 0 Å². The highest BCUT2D eigenvalue weighted by Crippen LogP contribution is 2.30. The first-order valence-corrected chi connectivity index (χ1v) is 16.5. The van der Waals surface area contributed by atoms with Gasteiger partial charge in [-0.05, 0) is 56.5 Å². The third kappa shape index (κ3) is 8.12. The van der Waals surface area contributed by atoms with E-state index in [2.05, 4.69) is 50.1 Å². The molecule has 0 bridgehead atoms. The number of nitrogens with two attached hydrogens (primary N) is 1. The van der Waals surface area contributed by atoms with Crippen molar-refractivity contribution in [2.75, 3.05) is 55.7 Å². The van der Waals surface area contributed by atoms with Crippen LogP contribution in [0.1, 0.15) is 54.2 Å². The van der Waals surface area contributed by atoms with Crippen LogP contribution in [-0.2, 0) is 16.4 Å². The minimum absolute atomic E-state index is 0.0177. The summed E-state index contributed by atoms with van der Waals surface area (Å²) >= 11 is 6.44. The van der Waals surface area contributed by atoms with Gasteiger partial charge in [-0.1, -0.05) is 36.6 Å². The van der Waals surface area contributed by atoms with Crippen LogP contribution < -0.4 is 16.0 Å². The second-order valence-corrected chi connectivity index (χ2v) is 13.5. The first-order chi connectivity index (χ1) is 20.8. The molecule has 3 N–H and O–H groups in total. The fourth-order valence-electron chi connectivity index (χ4n) is 5.73. The van der Waals surface area contributed by atoms with Crippen molar-refractivity contribution in [2.24, 2.45) is 0 Å². The van der Waals surface area contributed by atoms with E-state index in [1.165, 1.54) is 5.56 Å². The molecule has 0 aliphatic carbocycles. The van der Waals surface area contributed by atoms with Crippen molar-refractivity contribution in [1.82, 2.24) is 25.1 Å². The third-order valence-electron chi connectivity index (χ3n) is 8.16. The number of likely N-dealkylation sites (tertiary alicyclic amines) is 1. The van der Waals surface area contributed by atoms with E-state index in [0.29, 0.717) is 24.9 Å². The molecule has 1 atom stereocenters. The van der Waals surface area contributed by atoms with E-state index in [9.17, 15) is 26.4 Å². The zero-order valence-electron chi connectivity index (χ0n) is 24.5. The van der Waals surface area contributed by atoms with Crippen LogP contribution in [0, 0.1) is 12.3 Å². The number of nitrogens with one attached hydrogen (secondary N) is 1. The highest BCUT2D eigenvalue weighted by molar-refractivity contribution is 7.92. The number of piperidine rings is 1. The number of nitrogens with zero attached hydrogens (tertiary/aromatic N) is 5. The summed E-state index contributed by atoms with van der Waals surface area (Å²) in [6, 6.07) is 8.85. The lowest BCUT2D eigenvalue weighted by molar-refractivity contribution is -0.0435. The van der Waals surface area contributed by atoms with Gasteiger partial charge in [0, 0.05) is 50.4 Å². The number of amides is 1. The fourth-order valence-corrected chi connectivity index (χ4v) is 6.73. The van der Waals surface area contributed by atoms with Gasteiger partial charge in [-0.25, -0.2) is 18.4 Å². The van der Waals surface area contributed by atoms with Crippen LogP contribution in [0.15, 0.2) is 24.3 Å². The molecule has 15 heteroatoms. The van der Waals surface area contributed by atoms with E-state index in [4.69, 9.17) is 23.8 Å². The zero-order chi connectivity index (χ0) is 32.1. The Morgan fingerprint density at radius 1 is 1.16 bits per heavy atom. The number of carbonyl (C=O) groups is 1. The van der Waals surface area contributed by atoms with Gasteiger partial charge in [-0.2, -0.15) is 13.2 Å². The summed E-state index contributed by atoms with van der Waals surface area (Å²) in [6.45, 7) is 6.84. The second-order valence-electron chi connectivity index (χ2n) is 11.0. The number of halogens is 4. The number of carbonyl (C=O) groups excluding carboxylic acids is 1. The van der Waals surface area contributed by atoms with Gasteiger partial charge >= 0.3 is 5.51 Å². The molecule has 0 unspecified atom stereocenters. The zero-order valence-corrected chi connectivity index (χ0v) is 26.1. The minimum atomic E-state index is -5.34. The summed E-state index contributed by atoms with van der Waals surface area (Å²) < 4.78 is 59.9. The number of aromatic nitrogens is 2. The smallest absolute Gasteiger partial charge is 0.382 e. The van der Waals surface area contributed by atoms with E-state index in [1.54, 1.807) is 0 Å². The molecule has 10 nitrogen and oxygen atoms in total. The Balaban J connectivity index is 1.30. The Morgan fingerprint density at radius 2 is 1.84 bits per heavy atom. The quantitative estimate of drug-likeness (QED) is 0.293. The normalized spacial score (nSPS) is 19.1. The summed E-state index contributed by atoms with van der Waals surface area (Å²) in [4.78, 5) is 28.1. The van der Waals surface area contributed by atoms with E-state index < -0.39 is 33.4 Å². The maximum Gasteiger partial charge on any atom is 0.497 e. The Morgan fingerprint density at radius 3 is 2.45 bits per heavy atom. The topological polar surface area (TPSA) is 125 Å². The van der Waals surface area contributed by atoms with Gasteiger partial charge in [0.25, 0.3) is 5.91 Å². The highest BCUT2D eigenvalue weighted by Gasteiger charge is 2.44. The van der Waals surface area contributed by atoms with E-state index in [-0.39, 0.29) is 29.3 Å². The van der Waals surface area contributed by atoms with Crippen LogP contribution in [-0.4, -0.2) is 96.7 Å². The number of piperazine rings is 1. The molecule has 2 aliphatic rings. The molecule has 1 aromatic heterocycles. The number of rotatable bonds is 10. The SMILES string of the molecule is C#Cc1ccc(CN2CCC(N3CCN(c4nc(N)c(C(=O)NCCCS(=O)(=O)C(F)(F)F)nc4Cl)C[C@@H]3CC)CC2)cc1. The number of hydrogen-bond donors (Lipinski definition) is 2. The van der Waals surface area contributed by atoms with Gasteiger partial charge < -0.3 is 16.0 Å². The lowest BCUT2D eigenvalue weighted by atomic mass is 9.97. The van der Waals surface area contributed by atoms with Crippen molar-refractivity contribution < 1.29 is 26.4 Å². The van der Waals surface area contributed by atoms with Crippen LogP contribution in [0.3, 0.4) is 0 Å². The summed E-state index contributed by atoms with van der Waals surface area (Å²) in [5.41, 5.74) is 2.55. The third-order valence-corrected chi connectivity index (χ3v) is 9.94. The van der Waals surface area contributed by atoms with Crippen molar-refractivity contribution in [3.8, 4) is 12.3 Å². The Labute approximate surface area is 261 Å². The number of terminal acetylenes is 1. The number of alkyl halides is 3. The molecule has 0 spiro atoms. The first-order valence-electron chi connectivity index (χ1n) is 14.5. The summed E-state index contributed by atoms with van der Waals surface area (Å²) in [7, 11) is -5.27. The van der Waals surface area contributed by atoms with Crippen molar-refractivity contribution in [3.63, 3.8) is 0 Å². The van der Waals surface area contributed by atoms with E-state index >= 15 is 0 Å². The molecular weight excluding hydrogens is 619 g/mol. The van der Waals surface area contributed by atoms with Gasteiger partial charge in [0.2, 0.25) is 9.84 Å². The highest BCUT2D eigenvalue weighted by atomic mass is 35.5. The molecule has 3 heterocycles. The molecule has 4 rings (SSSR count). The number of benzene rings is 1. The Bertz CT molecular complexity index is 1460. The van der Waals surface area contributed by atoms with Crippen LogP contribution in [0.2, 0.25) is 5.15 Å². The monoisotopic (exact) mass is 655 g/mol. The summed E-state index contributed by atoms with van der Waals surface area (Å²) in [6.07, 6.45) is 8.08. The first kappa shape index (κ1) is 33.8. The number of hydrogen-bond acceptors (Lipinski definition) is 9. The number of nitrogen functional groups attached to an aromatic ring is 1. The molecule has 1 amide bonds. The molecule has 2 fully saturated rings. The molecule has 2 aromatic rings. The Hall–Kier alpha value is -3.12. The number of anilines is 2. The molecule has 0 saturated carbocycles. The van der Waals surface area contributed by atoms with Crippen LogP contribution >= 0.6 is 11.6 Å². The minimum Gasteiger partial charge on any atom is -0.382 e. The number of sulfone groups is 1. The molecule has 1 aromatic carbocycles. The molecule has 0 radical (unpaired) electrons. The lowest BCUT2D eigenvalue weighted by Crippen LogP contribution is -2.58. The average molecular weight is 656 g/mol. The summed E-state index contributed by atoms with van der Waals surface area (Å²) in [5.74, 6) is 0.877. The summed E-state index contributed by atoms with van der Waals surface area (Å²) in [5, 5.41) is 2.31. The van der Waals surface area contributed by atoms with E-state index in [0.717, 1.165) is 51.0 Å². The molecule has 240 valence electrons. The fraction of sp³-hybridized carbons (Fsp3) is 0.552. The van der Waals surface area contributed by atoms with Gasteiger partial charge in [0.15, 0.2) is 22.5 Å². The second kappa shape index (κ2) is 14.3. The van der Waals surface area contributed by atoms with Crippen molar-refractivity contribution in [1.29, 1.82) is 0 Å². The molecule has 2 aliphatic heterocycles. The van der Waals surface area contributed by atoms with Crippen LogP contribution in [0.4, 0.5) is 24.8 Å². The van der Waals surface area contributed by atoms with Gasteiger partial charge in [-0.15, -0.1) is 6.42 Å². The Kier molecular flexibility index (Phi) is 11.0. The maximum atomic E-state index is 12.5. The predicted octanol–water partition coefficient (Wildman–Crippen LogP) is 3.31. The molecule has 44 heavy (non-hydrogen) atoms. The lowest BCUT2D eigenvalue weighted by Gasteiger charge is -2.47. The van der Waals surface area contributed by atoms with Crippen molar-refractivity contribution >= 4 is 39.0 Å². The molecule has 2 saturated heterocycles. The predicted molar refractivity (Wildman–Crippen MR) is 164 cm³/mol. The standard InChI is InChI=1S/C29H37ClF3N7O3S/c1-3-20-6-8-21(9-7-20)18-38-13-10-23(11-14-38)40-16-15-39(19-22(40)4-2)27-25(30)36-24(26(34)37-27)28(41)35-12-5-17-44(42,43)29(31,32)33/h1,6-9,22-23H,4-5,10-19H2,2H3,(H2,34,37)(H,35,41)/t22-/m0/s1. The van der Waals surface area contributed by atoms with Gasteiger partial charge in [-0.3, -0.25) is 14.6 Å².